The Labute approximate surface area is 154 Å². The van der Waals surface area contributed by atoms with Crippen LogP contribution < -0.4 is 5.32 Å². The average Bonchev–Trinajstić information content (AvgIpc) is 3.04. The van der Waals surface area contributed by atoms with Crippen LogP contribution >= 0.6 is 22.9 Å². The largest absolute Gasteiger partial charge is 0.301 e. The molecule has 0 aliphatic rings. The van der Waals surface area contributed by atoms with E-state index in [9.17, 15) is 4.79 Å². The number of nitrogens with zero attached hydrogens (tertiary/aromatic N) is 3. The number of thiazole rings is 1. The van der Waals surface area contributed by atoms with Crippen LogP contribution in [0.1, 0.15) is 5.56 Å². The summed E-state index contributed by atoms with van der Waals surface area (Å²) < 4.78 is 0. The molecular weight excluding hydrogens is 356 g/mol. The first-order valence-electron chi connectivity index (χ1n) is 7.56. The van der Waals surface area contributed by atoms with Crippen molar-refractivity contribution in [2.75, 3.05) is 11.2 Å². The molecule has 3 aromatic rings. The molecule has 1 heterocycles. The van der Waals surface area contributed by atoms with Crippen LogP contribution in [0.5, 0.6) is 0 Å². The van der Waals surface area contributed by atoms with Gasteiger partial charge in [0.05, 0.1) is 5.69 Å². The predicted molar refractivity (Wildman–Crippen MR) is 102 cm³/mol. The van der Waals surface area contributed by atoms with E-state index < -0.39 is 0 Å². The number of benzene rings is 2. The number of anilines is 1. The first-order chi connectivity index (χ1) is 12.2. The number of aromatic nitrogens is 1. The molecule has 5 nitrogen and oxygen atoms in total. The number of hydrogen-bond acceptors (Lipinski definition) is 5. The van der Waals surface area contributed by atoms with E-state index in [-0.39, 0.29) is 11.8 Å². The highest BCUT2D eigenvalue weighted by Crippen LogP contribution is 2.38. The second-order valence-electron chi connectivity index (χ2n) is 5.26. The second-order valence-corrected chi connectivity index (χ2v) is 6.50. The van der Waals surface area contributed by atoms with Crippen LogP contribution in [0.15, 0.2) is 64.8 Å². The highest BCUT2D eigenvalue weighted by molar-refractivity contribution is 7.19. The summed E-state index contributed by atoms with van der Waals surface area (Å²) in [5, 5.41) is 12.3. The van der Waals surface area contributed by atoms with Crippen molar-refractivity contribution in [1.82, 2.24) is 4.98 Å². The van der Waals surface area contributed by atoms with Gasteiger partial charge in [-0.15, -0.1) is 21.8 Å². The van der Waals surface area contributed by atoms with E-state index in [1.807, 2.05) is 61.5 Å². The number of halogens is 1. The lowest BCUT2D eigenvalue weighted by Gasteiger charge is -1.97. The van der Waals surface area contributed by atoms with Crippen molar-refractivity contribution < 1.29 is 4.79 Å². The zero-order valence-electron chi connectivity index (χ0n) is 13.4. The lowest BCUT2D eigenvalue weighted by Crippen LogP contribution is -2.12. The van der Waals surface area contributed by atoms with Crippen LogP contribution in [0, 0.1) is 6.92 Å². The molecule has 3 rings (SSSR count). The molecule has 0 saturated carbocycles. The molecule has 0 atom stereocenters. The Morgan fingerprint density at radius 3 is 2.52 bits per heavy atom. The molecule has 0 bridgehead atoms. The SMILES string of the molecule is Cc1ccc(N=Nc2sc(NC(=O)CCl)nc2-c2ccccc2)cc1. The fourth-order valence-electron chi connectivity index (χ4n) is 2.08. The van der Waals surface area contributed by atoms with Crippen molar-refractivity contribution in [1.29, 1.82) is 0 Å². The highest BCUT2D eigenvalue weighted by Gasteiger charge is 2.14. The standard InChI is InChI=1S/C18H15ClN4OS/c1-12-7-9-14(10-8-12)22-23-17-16(13-5-3-2-4-6-13)21-18(25-17)20-15(24)11-19/h2-10H,11H2,1H3,(H,20,21,24). The Kier molecular flexibility index (Phi) is 5.53. The summed E-state index contributed by atoms with van der Waals surface area (Å²) in [6.07, 6.45) is 0. The molecule has 1 N–H and O–H groups in total. The Morgan fingerprint density at radius 1 is 1.12 bits per heavy atom. The first-order valence-corrected chi connectivity index (χ1v) is 8.91. The number of carbonyl (C=O) groups is 1. The monoisotopic (exact) mass is 370 g/mol. The van der Waals surface area contributed by atoms with Gasteiger partial charge in [-0.1, -0.05) is 59.4 Å². The number of carbonyl (C=O) groups excluding carboxylic acids is 1. The lowest BCUT2D eigenvalue weighted by atomic mass is 10.2. The molecule has 0 fully saturated rings. The molecule has 1 amide bonds. The Hall–Kier alpha value is -2.57. The summed E-state index contributed by atoms with van der Waals surface area (Å²) in [4.78, 5) is 16.0. The van der Waals surface area contributed by atoms with E-state index in [1.165, 1.54) is 11.3 Å². The van der Waals surface area contributed by atoms with Crippen molar-refractivity contribution in [2.24, 2.45) is 10.2 Å². The van der Waals surface area contributed by atoms with Gasteiger partial charge in [-0.2, -0.15) is 0 Å². The van der Waals surface area contributed by atoms with Gasteiger partial charge in [0.2, 0.25) is 5.91 Å². The molecule has 25 heavy (non-hydrogen) atoms. The van der Waals surface area contributed by atoms with E-state index >= 15 is 0 Å². The summed E-state index contributed by atoms with van der Waals surface area (Å²) in [7, 11) is 0. The van der Waals surface area contributed by atoms with Crippen LogP contribution in [-0.2, 0) is 4.79 Å². The second kappa shape index (κ2) is 8.00. The molecule has 126 valence electrons. The Bertz CT molecular complexity index is 891. The fourth-order valence-corrected chi connectivity index (χ4v) is 2.98. The molecule has 0 spiro atoms. The maximum Gasteiger partial charge on any atom is 0.241 e. The smallest absolute Gasteiger partial charge is 0.241 e. The number of nitrogens with one attached hydrogen (secondary N) is 1. The van der Waals surface area contributed by atoms with Crippen LogP contribution in [0.4, 0.5) is 15.8 Å². The zero-order valence-corrected chi connectivity index (χ0v) is 15.0. The Morgan fingerprint density at radius 2 is 1.84 bits per heavy atom. The summed E-state index contributed by atoms with van der Waals surface area (Å²) in [5.74, 6) is -0.433. The van der Waals surface area contributed by atoms with Gasteiger partial charge in [0.25, 0.3) is 0 Å². The maximum atomic E-state index is 11.5. The zero-order chi connectivity index (χ0) is 17.6. The van der Waals surface area contributed by atoms with Crippen molar-refractivity contribution in [3.8, 4) is 11.3 Å². The third-order valence-corrected chi connectivity index (χ3v) is 4.41. The van der Waals surface area contributed by atoms with E-state index in [0.29, 0.717) is 15.8 Å². The number of azo groups is 1. The topological polar surface area (TPSA) is 66.7 Å². The molecule has 0 saturated heterocycles. The number of aryl methyl sites for hydroxylation is 1. The number of rotatable bonds is 5. The third-order valence-electron chi connectivity index (χ3n) is 3.31. The van der Waals surface area contributed by atoms with Gasteiger partial charge in [-0.05, 0) is 19.1 Å². The number of hydrogen-bond donors (Lipinski definition) is 1. The number of amides is 1. The Balaban J connectivity index is 1.95. The molecule has 2 aromatic carbocycles. The molecule has 1 aromatic heterocycles. The molecule has 0 aliphatic heterocycles. The fraction of sp³-hybridized carbons (Fsp3) is 0.111. The lowest BCUT2D eigenvalue weighted by molar-refractivity contribution is -0.113. The maximum absolute atomic E-state index is 11.5. The highest BCUT2D eigenvalue weighted by atomic mass is 35.5. The van der Waals surface area contributed by atoms with Gasteiger partial charge in [0, 0.05) is 5.56 Å². The quantitative estimate of drug-likeness (QED) is 0.461. The van der Waals surface area contributed by atoms with Gasteiger partial charge in [0.1, 0.15) is 11.6 Å². The summed E-state index contributed by atoms with van der Waals surface area (Å²) in [6, 6.07) is 17.4. The van der Waals surface area contributed by atoms with E-state index in [1.54, 1.807) is 0 Å². The predicted octanol–water partition coefficient (Wildman–Crippen LogP) is 5.71. The van der Waals surface area contributed by atoms with Crippen molar-refractivity contribution in [3.63, 3.8) is 0 Å². The summed E-state index contributed by atoms with van der Waals surface area (Å²) in [5.41, 5.74) is 3.49. The summed E-state index contributed by atoms with van der Waals surface area (Å²) >= 11 is 6.80. The van der Waals surface area contributed by atoms with Gasteiger partial charge < -0.3 is 5.32 Å². The summed E-state index contributed by atoms with van der Waals surface area (Å²) in [6.45, 7) is 2.02. The van der Waals surface area contributed by atoms with E-state index in [0.717, 1.165) is 16.8 Å². The molecule has 7 heteroatoms. The van der Waals surface area contributed by atoms with E-state index in [2.05, 4.69) is 20.5 Å². The average molecular weight is 371 g/mol. The van der Waals surface area contributed by atoms with Gasteiger partial charge >= 0.3 is 0 Å². The normalized spacial score (nSPS) is 11.0. The third kappa shape index (κ3) is 4.49. The molecular formula is C18H15ClN4OS. The number of alkyl halides is 1. The van der Waals surface area contributed by atoms with Crippen molar-refractivity contribution in [2.45, 2.75) is 6.92 Å². The van der Waals surface area contributed by atoms with Crippen molar-refractivity contribution >= 4 is 44.7 Å². The molecule has 0 radical (unpaired) electrons. The van der Waals surface area contributed by atoms with Crippen LogP contribution in [0.25, 0.3) is 11.3 Å². The first kappa shape index (κ1) is 17.3. The van der Waals surface area contributed by atoms with Gasteiger partial charge in [-0.3, -0.25) is 4.79 Å². The van der Waals surface area contributed by atoms with Gasteiger partial charge in [0.15, 0.2) is 10.1 Å². The minimum atomic E-state index is -0.308. The minimum Gasteiger partial charge on any atom is -0.301 e. The molecule has 0 aliphatic carbocycles. The van der Waals surface area contributed by atoms with Crippen LogP contribution in [-0.4, -0.2) is 16.8 Å². The van der Waals surface area contributed by atoms with E-state index in [4.69, 9.17) is 11.6 Å². The minimum absolute atomic E-state index is 0.125. The van der Waals surface area contributed by atoms with Gasteiger partial charge in [-0.25, -0.2) is 4.98 Å². The molecule has 0 unspecified atom stereocenters. The van der Waals surface area contributed by atoms with Crippen LogP contribution in [0.2, 0.25) is 0 Å². The van der Waals surface area contributed by atoms with Crippen LogP contribution in [0.3, 0.4) is 0 Å². The van der Waals surface area contributed by atoms with Crippen molar-refractivity contribution in [3.05, 3.63) is 60.2 Å².